The molecule has 0 heterocycles. The van der Waals surface area contributed by atoms with Crippen LogP contribution in [-0.2, 0) is 32.6 Å². The van der Waals surface area contributed by atoms with Gasteiger partial charge in [0.1, 0.15) is 12.6 Å². The van der Waals surface area contributed by atoms with Crippen molar-refractivity contribution >= 4 is 66.7 Å². The maximum atomic E-state index is 14.1. The van der Waals surface area contributed by atoms with E-state index in [1.807, 2.05) is 30.3 Å². The van der Waals surface area contributed by atoms with Crippen LogP contribution in [0.15, 0.2) is 77.3 Å². The molecule has 0 aromatic heterocycles. The molecule has 2 amide bonds. The number of sulfonamides is 1. The predicted octanol–water partition coefficient (Wildman–Crippen LogP) is 6.22. The van der Waals surface area contributed by atoms with Crippen LogP contribution < -0.4 is 9.62 Å². The van der Waals surface area contributed by atoms with E-state index in [0.717, 1.165) is 46.3 Å². The second kappa shape index (κ2) is 14.1. The first-order chi connectivity index (χ1) is 19.5. The van der Waals surface area contributed by atoms with Gasteiger partial charge in [0, 0.05) is 23.5 Å². The van der Waals surface area contributed by atoms with Crippen LogP contribution in [0.5, 0.6) is 0 Å². The lowest BCUT2D eigenvalue weighted by Crippen LogP contribution is -2.54. The lowest BCUT2D eigenvalue weighted by Gasteiger charge is -2.34. The van der Waals surface area contributed by atoms with E-state index in [-0.39, 0.29) is 24.9 Å². The van der Waals surface area contributed by atoms with Crippen LogP contribution in [0.4, 0.5) is 5.69 Å². The van der Waals surface area contributed by atoms with Gasteiger partial charge in [0.05, 0.1) is 22.0 Å². The van der Waals surface area contributed by atoms with Crippen molar-refractivity contribution in [2.45, 2.75) is 50.7 Å². The van der Waals surface area contributed by atoms with Gasteiger partial charge in [0.2, 0.25) is 21.8 Å². The molecule has 218 valence electrons. The van der Waals surface area contributed by atoms with E-state index in [2.05, 4.69) is 21.2 Å². The van der Waals surface area contributed by atoms with Gasteiger partial charge in [-0.25, -0.2) is 8.42 Å². The fourth-order valence-corrected chi connectivity index (χ4v) is 6.41. The van der Waals surface area contributed by atoms with Gasteiger partial charge in [-0.1, -0.05) is 88.4 Å². The SMILES string of the molecule is CS(=O)(=O)N(CC(=O)N(Cc1ccc(Cl)c(Cl)c1)C(Cc1ccccc1)C(=O)NC1CCCC1)c1ccc(Br)cc1. The van der Waals surface area contributed by atoms with Crippen LogP contribution >= 0.6 is 39.1 Å². The first kappa shape index (κ1) is 31.3. The molecule has 4 rings (SSSR count). The molecule has 11 heteroatoms. The lowest BCUT2D eigenvalue weighted by atomic mass is 10.0. The number of hydrogen-bond acceptors (Lipinski definition) is 4. The number of amides is 2. The number of carbonyl (C=O) groups is 2. The van der Waals surface area contributed by atoms with Crippen molar-refractivity contribution in [1.29, 1.82) is 0 Å². The molecule has 1 fully saturated rings. The molecule has 0 aliphatic heterocycles. The van der Waals surface area contributed by atoms with Crippen molar-refractivity contribution in [1.82, 2.24) is 10.2 Å². The molecule has 0 saturated heterocycles. The topological polar surface area (TPSA) is 86.8 Å². The summed E-state index contributed by atoms with van der Waals surface area (Å²) in [5.74, 6) is -0.796. The minimum Gasteiger partial charge on any atom is -0.352 e. The molecule has 0 radical (unpaired) electrons. The van der Waals surface area contributed by atoms with E-state index in [4.69, 9.17) is 23.2 Å². The van der Waals surface area contributed by atoms with Crippen LogP contribution in [-0.4, -0.2) is 50.0 Å². The molecular weight excluding hydrogens is 649 g/mol. The van der Waals surface area contributed by atoms with Gasteiger partial charge in [0.25, 0.3) is 0 Å². The standard InChI is InChI=1S/C30H32BrCl2N3O4S/c1-41(39,40)36(25-14-12-23(31)13-15-25)20-29(37)35(19-22-11-16-26(32)27(33)17-22)28(18-21-7-3-2-4-8-21)30(38)34-24-9-5-6-10-24/h2-4,7-8,11-17,24,28H,5-6,9-10,18-20H2,1H3,(H,34,38). The fourth-order valence-electron chi connectivity index (χ4n) is 4.98. The normalized spacial score (nSPS) is 14.4. The first-order valence-corrected chi connectivity index (χ1v) is 16.7. The van der Waals surface area contributed by atoms with Gasteiger partial charge in [-0.3, -0.25) is 13.9 Å². The van der Waals surface area contributed by atoms with Gasteiger partial charge < -0.3 is 10.2 Å². The van der Waals surface area contributed by atoms with Gasteiger partial charge in [-0.2, -0.15) is 0 Å². The highest BCUT2D eigenvalue weighted by molar-refractivity contribution is 9.10. The molecule has 1 unspecified atom stereocenters. The maximum Gasteiger partial charge on any atom is 0.244 e. The molecule has 0 bridgehead atoms. The Bertz CT molecular complexity index is 1470. The molecule has 0 spiro atoms. The number of halogens is 3. The Morgan fingerprint density at radius 3 is 2.22 bits per heavy atom. The monoisotopic (exact) mass is 679 g/mol. The summed E-state index contributed by atoms with van der Waals surface area (Å²) < 4.78 is 27.6. The molecule has 41 heavy (non-hydrogen) atoms. The summed E-state index contributed by atoms with van der Waals surface area (Å²) >= 11 is 15.8. The zero-order chi connectivity index (χ0) is 29.6. The third-order valence-corrected chi connectivity index (χ3v) is 9.51. The number of rotatable bonds is 11. The lowest BCUT2D eigenvalue weighted by molar-refractivity contribution is -0.140. The van der Waals surface area contributed by atoms with Crippen molar-refractivity contribution in [3.8, 4) is 0 Å². The minimum atomic E-state index is -3.84. The van der Waals surface area contributed by atoms with E-state index in [1.165, 1.54) is 4.90 Å². The van der Waals surface area contributed by atoms with Crippen molar-refractivity contribution in [3.63, 3.8) is 0 Å². The maximum absolute atomic E-state index is 14.1. The number of benzene rings is 3. The van der Waals surface area contributed by atoms with Crippen LogP contribution in [0.1, 0.15) is 36.8 Å². The number of anilines is 1. The van der Waals surface area contributed by atoms with Crippen LogP contribution in [0.25, 0.3) is 0 Å². The molecule has 3 aromatic rings. The summed E-state index contributed by atoms with van der Waals surface area (Å²) in [6.45, 7) is -0.451. The third-order valence-electron chi connectivity index (χ3n) is 7.10. The summed E-state index contributed by atoms with van der Waals surface area (Å²) in [5.41, 5.74) is 1.88. The molecule has 1 saturated carbocycles. The molecule has 7 nitrogen and oxygen atoms in total. The van der Waals surface area contributed by atoms with Crippen molar-refractivity contribution < 1.29 is 18.0 Å². The van der Waals surface area contributed by atoms with Crippen LogP contribution in [0, 0.1) is 0 Å². The smallest absolute Gasteiger partial charge is 0.244 e. The highest BCUT2D eigenvalue weighted by Crippen LogP contribution is 2.26. The Balaban J connectivity index is 1.73. The summed E-state index contributed by atoms with van der Waals surface area (Å²) in [6.07, 6.45) is 5.16. The molecule has 1 aliphatic carbocycles. The quantitative estimate of drug-likeness (QED) is 0.261. The first-order valence-electron chi connectivity index (χ1n) is 13.3. The average molecular weight is 681 g/mol. The Hall–Kier alpha value is -2.59. The third kappa shape index (κ3) is 8.70. The van der Waals surface area contributed by atoms with Gasteiger partial charge >= 0.3 is 0 Å². The van der Waals surface area contributed by atoms with E-state index >= 15 is 0 Å². The van der Waals surface area contributed by atoms with Crippen molar-refractivity contribution in [2.24, 2.45) is 0 Å². The van der Waals surface area contributed by atoms with E-state index in [1.54, 1.807) is 42.5 Å². The molecule has 1 N–H and O–H groups in total. The highest BCUT2D eigenvalue weighted by atomic mass is 79.9. The van der Waals surface area contributed by atoms with Crippen LogP contribution in [0.2, 0.25) is 10.0 Å². The van der Waals surface area contributed by atoms with Crippen molar-refractivity contribution in [2.75, 3.05) is 17.1 Å². The summed E-state index contributed by atoms with van der Waals surface area (Å²) in [5, 5.41) is 3.83. The Kier molecular flexibility index (Phi) is 10.7. The zero-order valence-electron chi connectivity index (χ0n) is 22.6. The molecule has 1 aliphatic rings. The number of nitrogens with one attached hydrogen (secondary N) is 1. The average Bonchev–Trinajstić information content (AvgIpc) is 3.44. The highest BCUT2D eigenvalue weighted by Gasteiger charge is 2.34. The van der Waals surface area contributed by atoms with E-state index in [0.29, 0.717) is 21.3 Å². The van der Waals surface area contributed by atoms with Gasteiger partial charge in [-0.05, 0) is 60.4 Å². The Labute approximate surface area is 260 Å². The molecule has 1 atom stereocenters. The summed E-state index contributed by atoms with van der Waals surface area (Å²) in [7, 11) is -3.84. The zero-order valence-corrected chi connectivity index (χ0v) is 26.5. The van der Waals surface area contributed by atoms with E-state index < -0.39 is 28.5 Å². The van der Waals surface area contributed by atoms with Gasteiger partial charge in [0.15, 0.2) is 0 Å². The number of hydrogen-bond donors (Lipinski definition) is 1. The second-order valence-corrected chi connectivity index (χ2v) is 13.8. The minimum absolute atomic E-state index is 0.0310. The van der Waals surface area contributed by atoms with Crippen molar-refractivity contribution in [3.05, 3.63) is 98.4 Å². The summed E-state index contributed by atoms with van der Waals surface area (Å²) in [6, 6.07) is 20.3. The summed E-state index contributed by atoms with van der Waals surface area (Å²) in [4.78, 5) is 29.5. The largest absolute Gasteiger partial charge is 0.352 e. The van der Waals surface area contributed by atoms with E-state index in [9.17, 15) is 18.0 Å². The Morgan fingerprint density at radius 1 is 0.951 bits per heavy atom. The van der Waals surface area contributed by atoms with Gasteiger partial charge in [-0.15, -0.1) is 0 Å². The van der Waals surface area contributed by atoms with Crippen LogP contribution in [0.3, 0.4) is 0 Å². The molecule has 3 aromatic carbocycles. The number of nitrogens with zero attached hydrogens (tertiary/aromatic N) is 2. The molecular formula is C30H32BrCl2N3O4S. The number of carbonyl (C=O) groups excluding carboxylic acids is 2. The fraction of sp³-hybridized carbons (Fsp3) is 0.333. The second-order valence-electron chi connectivity index (χ2n) is 10.2. The Morgan fingerprint density at radius 2 is 1.61 bits per heavy atom. The predicted molar refractivity (Wildman–Crippen MR) is 168 cm³/mol.